The summed E-state index contributed by atoms with van der Waals surface area (Å²) in [6.45, 7) is 5.24. The Balaban J connectivity index is 1.46. The largest absolute Gasteiger partial charge is 0.381 e. The SMILES string of the molecule is CN=C(NCCCOCC1CC1)NCCC1=CCOCC1. The highest BCUT2D eigenvalue weighted by Crippen LogP contribution is 2.28. The summed E-state index contributed by atoms with van der Waals surface area (Å²) in [6.07, 6.45) is 8.06. The maximum absolute atomic E-state index is 5.61. The topological polar surface area (TPSA) is 54.9 Å². The summed E-state index contributed by atoms with van der Waals surface area (Å²) < 4.78 is 10.9. The lowest BCUT2D eigenvalue weighted by atomic mass is 10.1. The molecule has 0 bridgehead atoms. The van der Waals surface area contributed by atoms with Crippen molar-refractivity contribution in [2.24, 2.45) is 10.9 Å². The molecule has 0 spiro atoms. The van der Waals surface area contributed by atoms with Gasteiger partial charge >= 0.3 is 0 Å². The number of hydrogen-bond acceptors (Lipinski definition) is 3. The van der Waals surface area contributed by atoms with Gasteiger partial charge in [0.05, 0.1) is 13.2 Å². The molecule has 0 aromatic rings. The minimum atomic E-state index is 0.767. The second-order valence-corrected chi connectivity index (χ2v) is 5.73. The summed E-state index contributed by atoms with van der Waals surface area (Å²) in [5.41, 5.74) is 1.48. The van der Waals surface area contributed by atoms with Crippen LogP contribution < -0.4 is 10.6 Å². The Bertz CT molecular complexity index is 351. The lowest BCUT2D eigenvalue weighted by molar-refractivity contribution is 0.123. The Morgan fingerprint density at radius 3 is 2.95 bits per heavy atom. The van der Waals surface area contributed by atoms with Crippen LogP contribution in [0.25, 0.3) is 0 Å². The first-order valence-corrected chi connectivity index (χ1v) is 8.16. The van der Waals surface area contributed by atoms with Gasteiger partial charge in [0.25, 0.3) is 0 Å². The minimum absolute atomic E-state index is 0.767. The highest BCUT2D eigenvalue weighted by atomic mass is 16.5. The van der Waals surface area contributed by atoms with E-state index in [0.717, 1.165) is 70.7 Å². The molecule has 5 nitrogen and oxygen atoms in total. The van der Waals surface area contributed by atoms with Crippen LogP contribution in [0.5, 0.6) is 0 Å². The fourth-order valence-electron chi connectivity index (χ4n) is 2.27. The Kier molecular flexibility index (Phi) is 7.60. The van der Waals surface area contributed by atoms with Crippen LogP contribution in [0.3, 0.4) is 0 Å². The number of aliphatic imine (C=N–C) groups is 1. The van der Waals surface area contributed by atoms with Gasteiger partial charge in [0.2, 0.25) is 0 Å². The zero-order valence-corrected chi connectivity index (χ0v) is 13.2. The van der Waals surface area contributed by atoms with Crippen molar-refractivity contribution in [3.63, 3.8) is 0 Å². The molecule has 2 aliphatic rings. The molecule has 1 aliphatic carbocycles. The number of guanidine groups is 1. The van der Waals surface area contributed by atoms with E-state index in [2.05, 4.69) is 21.7 Å². The predicted molar refractivity (Wildman–Crippen MR) is 85.7 cm³/mol. The number of ether oxygens (including phenoxy) is 2. The van der Waals surface area contributed by atoms with Crippen LogP contribution in [0.1, 0.15) is 32.1 Å². The molecule has 0 aromatic carbocycles. The van der Waals surface area contributed by atoms with E-state index in [1.807, 2.05) is 7.05 Å². The van der Waals surface area contributed by atoms with E-state index in [1.54, 1.807) is 0 Å². The Morgan fingerprint density at radius 2 is 2.24 bits per heavy atom. The van der Waals surface area contributed by atoms with E-state index >= 15 is 0 Å². The molecule has 0 unspecified atom stereocenters. The van der Waals surface area contributed by atoms with Crippen molar-refractivity contribution in [2.45, 2.75) is 32.1 Å². The molecule has 0 atom stereocenters. The molecule has 21 heavy (non-hydrogen) atoms. The smallest absolute Gasteiger partial charge is 0.190 e. The Morgan fingerprint density at radius 1 is 1.38 bits per heavy atom. The van der Waals surface area contributed by atoms with Crippen molar-refractivity contribution in [3.05, 3.63) is 11.6 Å². The van der Waals surface area contributed by atoms with Crippen molar-refractivity contribution in [2.75, 3.05) is 46.6 Å². The van der Waals surface area contributed by atoms with Crippen LogP contribution in [0, 0.1) is 5.92 Å². The van der Waals surface area contributed by atoms with Gasteiger partial charge in [-0.05, 0) is 38.0 Å². The van der Waals surface area contributed by atoms with Gasteiger partial charge in [0, 0.05) is 33.4 Å². The first-order chi connectivity index (χ1) is 10.4. The summed E-state index contributed by atoms with van der Waals surface area (Å²) in [4.78, 5) is 4.24. The summed E-state index contributed by atoms with van der Waals surface area (Å²) in [5.74, 6) is 1.73. The molecule has 0 saturated heterocycles. The van der Waals surface area contributed by atoms with Crippen LogP contribution in [0.4, 0.5) is 0 Å². The quantitative estimate of drug-likeness (QED) is 0.294. The van der Waals surface area contributed by atoms with Crippen LogP contribution in [0.15, 0.2) is 16.6 Å². The van der Waals surface area contributed by atoms with Gasteiger partial charge in [-0.1, -0.05) is 11.6 Å². The van der Waals surface area contributed by atoms with Gasteiger partial charge in [-0.25, -0.2) is 0 Å². The molecule has 2 N–H and O–H groups in total. The molecule has 0 radical (unpaired) electrons. The van der Waals surface area contributed by atoms with Gasteiger partial charge in [-0.15, -0.1) is 0 Å². The van der Waals surface area contributed by atoms with Gasteiger partial charge in [0.15, 0.2) is 5.96 Å². The molecule has 120 valence electrons. The standard InChI is InChI=1S/C16H29N3O2/c1-17-16(18-8-2-10-21-13-15-3-4-15)19-9-5-14-6-11-20-12-7-14/h6,15H,2-5,7-13H2,1H3,(H2,17,18,19). The molecule has 1 saturated carbocycles. The maximum atomic E-state index is 5.61. The van der Waals surface area contributed by atoms with Gasteiger partial charge in [-0.3, -0.25) is 4.99 Å². The van der Waals surface area contributed by atoms with Crippen LogP contribution >= 0.6 is 0 Å². The van der Waals surface area contributed by atoms with Gasteiger partial charge in [-0.2, -0.15) is 0 Å². The molecule has 1 aliphatic heterocycles. The average Bonchev–Trinajstić information content (AvgIpc) is 3.34. The van der Waals surface area contributed by atoms with Crippen LogP contribution in [-0.4, -0.2) is 52.5 Å². The van der Waals surface area contributed by atoms with E-state index in [1.165, 1.54) is 18.4 Å². The third-order valence-electron chi connectivity index (χ3n) is 3.83. The van der Waals surface area contributed by atoms with Gasteiger partial charge < -0.3 is 20.1 Å². The van der Waals surface area contributed by atoms with E-state index in [0.29, 0.717) is 0 Å². The van der Waals surface area contributed by atoms with Crippen LogP contribution in [0.2, 0.25) is 0 Å². The average molecular weight is 295 g/mol. The van der Waals surface area contributed by atoms with Gasteiger partial charge in [0.1, 0.15) is 0 Å². The lowest BCUT2D eigenvalue weighted by Crippen LogP contribution is -2.38. The molecule has 0 amide bonds. The van der Waals surface area contributed by atoms with Crippen LogP contribution in [-0.2, 0) is 9.47 Å². The molecule has 5 heteroatoms. The highest BCUT2D eigenvalue weighted by molar-refractivity contribution is 5.79. The van der Waals surface area contributed by atoms with E-state index in [9.17, 15) is 0 Å². The Labute approximate surface area is 128 Å². The number of nitrogens with one attached hydrogen (secondary N) is 2. The Hall–Kier alpha value is -1.07. The van der Waals surface area contributed by atoms with Crippen molar-refractivity contribution in [1.82, 2.24) is 10.6 Å². The van der Waals surface area contributed by atoms with Crippen molar-refractivity contribution >= 4 is 5.96 Å². The molecule has 1 heterocycles. The second kappa shape index (κ2) is 9.79. The molecular formula is C16H29N3O2. The molecular weight excluding hydrogens is 266 g/mol. The third kappa shape index (κ3) is 7.48. The first kappa shape index (κ1) is 16.3. The summed E-state index contributed by atoms with van der Waals surface area (Å²) in [7, 11) is 1.81. The number of rotatable bonds is 9. The van der Waals surface area contributed by atoms with E-state index in [-0.39, 0.29) is 0 Å². The zero-order valence-electron chi connectivity index (χ0n) is 13.2. The molecule has 1 fully saturated rings. The summed E-state index contributed by atoms with van der Waals surface area (Å²) in [5, 5.41) is 6.68. The zero-order chi connectivity index (χ0) is 14.8. The van der Waals surface area contributed by atoms with Crippen molar-refractivity contribution < 1.29 is 9.47 Å². The van der Waals surface area contributed by atoms with Crippen molar-refractivity contribution in [1.29, 1.82) is 0 Å². The summed E-state index contributed by atoms with van der Waals surface area (Å²) >= 11 is 0. The lowest BCUT2D eigenvalue weighted by Gasteiger charge is -2.15. The van der Waals surface area contributed by atoms with E-state index < -0.39 is 0 Å². The number of nitrogens with zero attached hydrogens (tertiary/aromatic N) is 1. The molecule has 2 rings (SSSR count). The highest BCUT2D eigenvalue weighted by Gasteiger charge is 2.20. The first-order valence-electron chi connectivity index (χ1n) is 8.16. The molecule has 0 aromatic heterocycles. The number of hydrogen-bond donors (Lipinski definition) is 2. The third-order valence-corrected chi connectivity index (χ3v) is 3.83. The maximum Gasteiger partial charge on any atom is 0.190 e. The predicted octanol–water partition coefficient (Wildman–Crippen LogP) is 1.70. The minimum Gasteiger partial charge on any atom is -0.381 e. The normalized spacial score (nSPS) is 19.3. The monoisotopic (exact) mass is 295 g/mol. The fourth-order valence-corrected chi connectivity index (χ4v) is 2.27. The fraction of sp³-hybridized carbons (Fsp3) is 0.812. The van der Waals surface area contributed by atoms with Crippen molar-refractivity contribution in [3.8, 4) is 0 Å². The van der Waals surface area contributed by atoms with E-state index in [4.69, 9.17) is 9.47 Å². The second-order valence-electron chi connectivity index (χ2n) is 5.73. The summed E-state index contributed by atoms with van der Waals surface area (Å²) in [6, 6.07) is 0.